The van der Waals surface area contributed by atoms with Crippen LogP contribution in [0.25, 0.3) is 0 Å². The molecule has 6 heteroatoms. The molecule has 0 radical (unpaired) electrons. The number of anilines is 1. The minimum absolute atomic E-state index is 0.0376. The molecule has 1 unspecified atom stereocenters. The molecule has 0 aromatic carbocycles. The van der Waals surface area contributed by atoms with Crippen LogP contribution in [-0.2, 0) is 0 Å². The quantitative estimate of drug-likeness (QED) is 0.547. The standard InChI is InChI=1S/C11H17FN4O/c1-6(2)7(3)15-11(17)8-4-5-14-10(16-13)9(8)12/h4-7H,13H2,1-3H3,(H,14,16)(H,15,17). The van der Waals surface area contributed by atoms with Crippen molar-refractivity contribution >= 4 is 11.7 Å². The smallest absolute Gasteiger partial charge is 0.254 e. The summed E-state index contributed by atoms with van der Waals surface area (Å²) in [6, 6.07) is 1.28. The predicted molar refractivity (Wildman–Crippen MR) is 63.8 cm³/mol. The fourth-order valence-corrected chi connectivity index (χ4v) is 1.17. The lowest BCUT2D eigenvalue weighted by molar-refractivity contribution is 0.0926. The van der Waals surface area contributed by atoms with Crippen molar-refractivity contribution in [3.05, 3.63) is 23.6 Å². The second-order valence-corrected chi connectivity index (χ2v) is 4.17. The number of nitrogens with one attached hydrogen (secondary N) is 2. The molecule has 94 valence electrons. The van der Waals surface area contributed by atoms with Crippen LogP contribution in [0.3, 0.4) is 0 Å². The highest BCUT2D eigenvalue weighted by molar-refractivity contribution is 5.95. The lowest BCUT2D eigenvalue weighted by atomic mass is 10.1. The fourth-order valence-electron chi connectivity index (χ4n) is 1.17. The summed E-state index contributed by atoms with van der Waals surface area (Å²) in [5.74, 6) is 4.00. The summed E-state index contributed by atoms with van der Waals surface area (Å²) in [5, 5.41) is 2.71. The van der Waals surface area contributed by atoms with Gasteiger partial charge in [-0.3, -0.25) is 4.79 Å². The molecule has 0 bridgehead atoms. The maximum Gasteiger partial charge on any atom is 0.254 e. The largest absolute Gasteiger partial charge is 0.349 e. The Morgan fingerprint density at radius 1 is 1.47 bits per heavy atom. The molecule has 1 heterocycles. The third-order valence-electron chi connectivity index (χ3n) is 2.63. The van der Waals surface area contributed by atoms with Crippen LogP contribution in [0, 0.1) is 11.7 Å². The van der Waals surface area contributed by atoms with Crippen molar-refractivity contribution in [3.63, 3.8) is 0 Å². The van der Waals surface area contributed by atoms with Crippen LogP contribution in [0.4, 0.5) is 10.2 Å². The van der Waals surface area contributed by atoms with Gasteiger partial charge in [-0.2, -0.15) is 0 Å². The summed E-state index contributed by atoms with van der Waals surface area (Å²) in [4.78, 5) is 15.5. The number of pyridine rings is 1. The highest BCUT2D eigenvalue weighted by Gasteiger charge is 2.18. The SMILES string of the molecule is CC(C)C(C)NC(=O)c1ccnc(NN)c1F. The molecule has 0 aliphatic rings. The lowest BCUT2D eigenvalue weighted by Crippen LogP contribution is -2.36. The van der Waals surface area contributed by atoms with Gasteiger partial charge in [-0.15, -0.1) is 0 Å². The van der Waals surface area contributed by atoms with Gasteiger partial charge in [0.25, 0.3) is 5.91 Å². The molecule has 0 aliphatic carbocycles. The van der Waals surface area contributed by atoms with Crippen molar-refractivity contribution in [1.82, 2.24) is 10.3 Å². The van der Waals surface area contributed by atoms with E-state index in [4.69, 9.17) is 5.84 Å². The number of aromatic nitrogens is 1. The second kappa shape index (κ2) is 5.58. The number of nitrogens with zero attached hydrogens (tertiary/aromatic N) is 1. The maximum absolute atomic E-state index is 13.7. The van der Waals surface area contributed by atoms with Crippen LogP contribution in [0.5, 0.6) is 0 Å². The summed E-state index contributed by atoms with van der Waals surface area (Å²) < 4.78 is 13.7. The Balaban J connectivity index is 2.89. The van der Waals surface area contributed by atoms with Gasteiger partial charge in [0.2, 0.25) is 0 Å². The summed E-state index contributed by atoms with van der Waals surface area (Å²) in [7, 11) is 0. The molecule has 17 heavy (non-hydrogen) atoms. The topological polar surface area (TPSA) is 80.0 Å². The number of amides is 1. The molecule has 1 rings (SSSR count). The molecule has 0 spiro atoms. The van der Waals surface area contributed by atoms with Gasteiger partial charge >= 0.3 is 0 Å². The Bertz CT molecular complexity index is 408. The van der Waals surface area contributed by atoms with E-state index < -0.39 is 11.7 Å². The summed E-state index contributed by atoms with van der Waals surface area (Å²) in [6.07, 6.45) is 1.33. The van der Waals surface area contributed by atoms with Gasteiger partial charge in [-0.25, -0.2) is 15.2 Å². The summed E-state index contributed by atoms with van der Waals surface area (Å²) in [6.45, 7) is 5.81. The van der Waals surface area contributed by atoms with E-state index in [2.05, 4.69) is 15.7 Å². The number of halogens is 1. The van der Waals surface area contributed by atoms with Crippen molar-refractivity contribution in [2.75, 3.05) is 5.43 Å². The average molecular weight is 240 g/mol. The van der Waals surface area contributed by atoms with Crippen molar-refractivity contribution in [2.24, 2.45) is 11.8 Å². The molecule has 1 amide bonds. The van der Waals surface area contributed by atoms with E-state index in [0.29, 0.717) is 0 Å². The van der Waals surface area contributed by atoms with Gasteiger partial charge in [-0.05, 0) is 18.9 Å². The summed E-state index contributed by atoms with van der Waals surface area (Å²) >= 11 is 0. The number of carbonyl (C=O) groups is 1. The van der Waals surface area contributed by atoms with Crippen molar-refractivity contribution in [1.29, 1.82) is 0 Å². The number of hydrogen-bond donors (Lipinski definition) is 3. The number of carbonyl (C=O) groups excluding carboxylic acids is 1. The Morgan fingerprint density at radius 2 is 2.12 bits per heavy atom. The first-order valence-corrected chi connectivity index (χ1v) is 5.39. The molecule has 1 atom stereocenters. The van der Waals surface area contributed by atoms with E-state index in [1.807, 2.05) is 20.8 Å². The van der Waals surface area contributed by atoms with E-state index in [9.17, 15) is 9.18 Å². The number of rotatable bonds is 4. The zero-order chi connectivity index (χ0) is 13.0. The van der Waals surface area contributed by atoms with Crippen LogP contribution in [0.1, 0.15) is 31.1 Å². The monoisotopic (exact) mass is 240 g/mol. The third kappa shape index (κ3) is 3.13. The molecule has 0 aliphatic heterocycles. The Labute approximate surface area is 99.6 Å². The highest BCUT2D eigenvalue weighted by Crippen LogP contribution is 2.14. The van der Waals surface area contributed by atoms with Gasteiger partial charge in [0.15, 0.2) is 11.6 Å². The molecule has 4 N–H and O–H groups in total. The minimum Gasteiger partial charge on any atom is -0.349 e. The fraction of sp³-hybridized carbons (Fsp3) is 0.455. The Hall–Kier alpha value is -1.69. The molecule has 0 saturated carbocycles. The van der Waals surface area contributed by atoms with Gasteiger partial charge in [0.05, 0.1) is 5.56 Å². The molecular weight excluding hydrogens is 223 g/mol. The molecule has 5 nitrogen and oxygen atoms in total. The van der Waals surface area contributed by atoms with Crippen LogP contribution < -0.4 is 16.6 Å². The molecule has 0 fully saturated rings. The summed E-state index contributed by atoms with van der Waals surface area (Å²) in [5.41, 5.74) is 2.03. The zero-order valence-corrected chi connectivity index (χ0v) is 10.1. The zero-order valence-electron chi connectivity index (χ0n) is 10.1. The van der Waals surface area contributed by atoms with Crippen molar-refractivity contribution in [2.45, 2.75) is 26.8 Å². The van der Waals surface area contributed by atoms with Gasteiger partial charge in [0.1, 0.15) is 0 Å². The first-order chi connectivity index (χ1) is 7.97. The van der Waals surface area contributed by atoms with E-state index >= 15 is 0 Å². The first kappa shape index (κ1) is 13.4. The molecular formula is C11H17FN4O. The predicted octanol–water partition coefficient (Wildman–Crippen LogP) is 1.28. The van der Waals surface area contributed by atoms with E-state index in [0.717, 1.165) is 0 Å². The number of nitrogens with two attached hydrogens (primary N) is 1. The molecule has 1 aromatic heterocycles. The van der Waals surface area contributed by atoms with Crippen LogP contribution in [0.2, 0.25) is 0 Å². The Morgan fingerprint density at radius 3 is 2.65 bits per heavy atom. The first-order valence-electron chi connectivity index (χ1n) is 5.39. The van der Waals surface area contributed by atoms with Crippen molar-refractivity contribution < 1.29 is 9.18 Å². The number of hydrogen-bond acceptors (Lipinski definition) is 4. The van der Waals surface area contributed by atoms with E-state index in [1.54, 1.807) is 0 Å². The van der Waals surface area contributed by atoms with E-state index in [-0.39, 0.29) is 23.3 Å². The van der Waals surface area contributed by atoms with Crippen LogP contribution in [-0.4, -0.2) is 16.9 Å². The van der Waals surface area contributed by atoms with Crippen molar-refractivity contribution in [3.8, 4) is 0 Å². The number of nitrogen functional groups attached to an aromatic ring is 1. The average Bonchev–Trinajstić information content (AvgIpc) is 2.28. The second-order valence-electron chi connectivity index (χ2n) is 4.17. The Kier molecular flexibility index (Phi) is 4.39. The van der Waals surface area contributed by atoms with Gasteiger partial charge in [0, 0.05) is 12.2 Å². The maximum atomic E-state index is 13.7. The normalized spacial score (nSPS) is 12.4. The van der Waals surface area contributed by atoms with Gasteiger partial charge in [-0.1, -0.05) is 13.8 Å². The van der Waals surface area contributed by atoms with Crippen LogP contribution in [0.15, 0.2) is 12.3 Å². The van der Waals surface area contributed by atoms with Crippen LogP contribution >= 0.6 is 0 Å². The number of hydrazine groups is 1. The molecule has 0 saturated heterocycles. The molecule has 1 aromatic rings. The van der Waals surface area contributed by atoms with Gasteiger partial charge < -0.3 is 10.7 Å². The third-order valence-corrected chi connectivity index (χ3v) is 2.63. The minimum atomic E-state index is -0.747. The van der Waals surface area contributed by atoms with E-state index in [1.165, 1.54) is 12.3 Å². The lowest BCUT2D eigenvalue weighted by Gasteiger charge is -2.17. The highest BCUT2D eigenvalue weighted by atomic mass is 19.1.